The molecule has 2 rings (SSSR count). The highest BCUT2D eigenvalue weighted by molar-refractivity contribution is 14.1. The molecule has 0 N–H and O–H groups in total. The number of nitrogens with zero attached hydrogens (tertiary/aromatic N) is 4. The average Bonchev–Trinajstić information content (AvgIpc) is 2.62. The molecule has 18 heavy (non-hydrogen) atoms. The summed E-state index contributed by atoms with van der Waals surface area (Å²) in [7, 11) is 0. The molecule has 0 radical (unpaired) electrons. The predicted octanol–water partition coefficient (Wildman–Crippen LogP) is 2.07. The summed E-state index contributed by atoms with van der Waals surface area (Å²) in [5.41, 5.74) is 1.55. The Balaban J connectivity index is 2.46. The molecule has 0 aromatic carbocycles. The number of hydrogen-bond donors (Lipinski definition) is 0. The van der Waals surface area contributed by atoms with Crippen LogP contribution in [0.15, 0.2) is 17.3 Å². The fourth-order valence-electron chi connectivity index (χ4n) is 1.72. The Morgan fingerprint density at radius 1 is 1.50 bits per heavy atom. The lowest BCUT2D eigenvalue weighted by Gasteiger charge is -2.07. The van der Waals surface area contributed by atoms with Gasteiger partial charge in [0, 0.05) is 12.7 Å². The average molecular weight is 379 g/mol. The Bertz CT molecular complexity index is 634. The van der Waals surface area contributed by atoms with E-state index in [9.17, 15) is 4.79 Å². The van der Waals surface area contributed by atoms with Crippen LogP contribution < -0.4 is 5.56 Å². The quantitative estimate of drug-likeness (QED) is 0.769. The molecule has 2 heterocycles. The third-order valence-corrected chi connectivity index (χ3v) is 3.86. The molecule has 0 amide bonds. The van der Waals surface area contributed by atoms with Crippen LogP contribution in [0.3, 0.4) is 0 Å². The van der Waals surface area contributed by atoms with Crippen LogP contribution in [0.25, 0.3) is 0 Å². The number of halogens is 2. The van der Waals surface area contributed by atoms with E-state index in [0.29, 0.717) is 15.1 Å². The third-order valence-electron chi connectivity index (χ3n) is 2.63. The van der Waals surface area contributed by atoms with Crippen molar-refractivity contribution < 1.29 is 0 Å². The van der Waals surface area contributed by atoms with Crippen molar-refractivity contribution in [1.29, 1.82) is 0 Å². The minimum atomic E-state index is -0.0665. The van der Waals surface area contributed by atoms with Gasteiger partial charge in [-0.2, -0.15) is 5.10 Å². The minimum Gasteiger partial charge on any atom is -0.292 e. The largest absolute Gasteiger partial charge is 0.292 e. The molecule has 0 aliphatic carbocycles. The number of rotatable bonds is 3. The summed E-state index contributed by atoms with van der Waals surface area (Å²) >= 11 is 8.19. The molecule has 0 spiro atoms. The Labute approximate surface area is 123 Å². The van der Waals surface area contributed by atoms with E-state index in [1.54, 1.807) is 6.20 Å². The minimum absolute atomic E-state index is 0.0665. The van der Waals surface area contributed by atoms with Gasteiger partial charge in [-0.1, -0.05) is 11.6 Å². The lowest BCUT2D eigenvalue weighted by molar-refractivity contribution is 0.587. The molecule has 0 aliphatic heterocycles. The smallest absolute Gasteiger partial charge is 0.267 e. The zero-order valence-electron chi connectivity index (χ0n) is 10.0. The number of hydrogen-bond acceptors (Lipinski definition) is 3. The molecule has 0 fully saturated rings. The summed E-state index contributed by atoms with van der Waals surface area (Å²) < 4.78 is 3.94. The summed E-state index contributed by atoms with van der Waals surface area (Å²) in [5.74, 6) is 0. The predicted molar refractivity (Wildman–Crippen MR) is 78.0 cm³/mol. The van der Waals surface area contributed by atoms with Crippen molar-refractivity contribution in [2.45, 2.75) is 26.9 Å². The zero-order valence-corrected chi connectivity index (χ0v) is 12.9. The van der Waals surface area contributed by atoms with Crippen molar-refractivity contribution in [3.63, 3.8) is 0 Å². The standard InChI is InChI=1S/C11H12ClIN4O/c1-3-17-9(10(12)7(2)15-17)5-16-6-14-4-8(13)11(16)18/h4,6H,3,5H2,1-2H3. The molecule has 2 aromatic rings. The zero-order chi connectivity index (χ0) is 13.3. The first-order chi connectivity index (χ1) is 8.54. The van der Waals surface area contributed by atoms with Gasteiger partial charge >= 0.3 is 0 Å². The molecule has 0 atom stereocenters. The second-order valence-electron chi connectivity index (χ2n) is 3.84. The highest BCUT2D eigenvalue weighted by Crippen LogP contribution is 2.20. The molecule has 7 heteroatoms. The van der Waals surface area contributed by atoms with Gasteiger partial charge in [-0.05, 0) is 36.4 Å². The van der Waals surface area contributed by atoms with E-state index >= 15 is 0 Å². The van der Waals surface area contributed by atoms with E-state index in [-0.39, 0.29) is 5.56 Å². The first kappa shape index (κ1) is 13.5. The third kappa shape index (κ3) is 2.44. The van der Waals surface area contributed by atoms with Gasteiger partial charge in [-0.3, -0.25) is 14.0 Å². The lowest BCUT2D eigenvalue weighted by Crippen LogP contribution is -2.24. The van der Waals surface area contributed by atoms with E-state index in [2.05, 4.69) is 10.1 Å². The van der Waals surface area contributed by atoms with Gasteiger partial charge in [0.1, 0.15) is 0 Å². The van der Waals surface area contributed by atoms with Crippen molar-refractivity contribution in [2.75, 3.05) is 0 Å². The fourth-order valence-corrected chi connectivity index (χ4v) is 2.38. The maximum absolute atomic E-state index is 11.9. The van der Waals surface area contributed by atoms with Gasteiger partial charge < -0.3 is 0 Å². The SMILES string of the molecule is CCn1nc(C)c(Cl)c1Cn1cncc(I)c1=O. The molecule has 5 nitrogen and oxygen atoms in total. The Morgan fingerprint density at radius 3 is 2.89 bits per heavy atom. The van der Waals surface area contributed by atoms with Crippen LogP contribution in [-0.4, -0.2) is 19.3 Å². The maximum atomic E-state index is 11.9. The van der Waals surface area contributed by atoms with Gasteiger partial charge in [0.05, 0.1) is 32.9 Å². The van der Waals surface area contributed by atoms with E-state index in [1.165, 1.54) is 10.9 Å². The van der Waals surface area contributed by atoms with Gasteiger partial charge in [0.25, 0.3) is 5.56 Å². The van der Waals surface area contributed by atoms with Crippen molar-refractivity contribution in [3.05, 3.63) is 42.9 Å². The van der Waals surface area contributed by atoms with Crippen LogP contribution in [0.2, 0.25) is 5.02 Å². The van der Waals surface area contributed by atoms with Crippen LogP contribution in [0, 0.1) is 10.5 Å². The Morgan fingerprint density at radius 2 is 2.22 bits per heavy atom. The maximum Gasteiger partial charge on any atom is 0.267 e. The van der Waals surface area contributed by atoms with E-state index in [1.807, 2.05) is 41.1 Å². The highest BCUT2D eigenvalue weighted by Gasteiger charge is 2.13. The van der Waals surface area contributed by atoms with Crippen LogP contribution >= 0.6 is 34.2 Å². The van der Waals surface area contributed by atoms with Crippen LogP contribution in [-0.2, 0) is 13.1 Å². The topological polar surface area (TPSA) is 52.7 Å². The first-order valence-corrected chi connectivity index (χ1v) is 6.92. The summed E-state index contributed by atoms with van der Waals surface area (Å²) in [6.45, 7) is 4.95. The van der Waals surface area contributed by atoms with Gasteiger partial charge in [0.2, 0.25) is 0 Å². The van der Waals surface area contributed by atoms with Gasteiger partial charge in [0.15, 0.2) is 0 Å². The molecule has 0 bridgehead atoms. The van der Waals surface area contributed by atoms with Crippen molar-refractivity contribution >= 4 is 34.2 Å². The summed E-state index contributed by atoms with van der Waals surface area (Å²) in [5, 5.41) is 4.94. The van der Waals surface area contributed by atoms with Gasteiger partial charge in [-0.15, -0.1) is 0 Å². The first-order valence-electron chi connectivity index (χ1n) is 5.46. The molecular weight excluding hydrogens is 367 g/mol. The summed E-state index contributed by atoms with van der Waals surface area (Å²) in [6, 6.07) is 0. The Kier molecular flexibility index (Phi) is 4.06. The molecule has 2 aromatic heterocycles. The number of aryl methyl sites for hydroxylation is 2. The lowest BCUT2D eigenvalue weighted by atomic mass is 10.3. The molecular formula is C11H12ClIN4O. The summed E-state index contributed by atoms with van der Waals surface area (Å²) in [6.07, 6.45) is 3.06. The second kappa shape index (κ2) is 5.40. The molecule has 0 saturated heterocycles. The Hall–Kier alpha value is -0.890. The van der Waals surface area contributed by atoms with Crippen LogP contribution in [0.1, 0.15) is 18.3 Å². The van der Waals surface area contributed by atoms with Crippen molar-refractivity contribution in [2.24, 2.45) is 0 Å². The van der Waals surface area contributed by atoms with Crippen molar-refractivity contribution in [1.82, 2.24) is 19.3 Å². The van der Waals surface area contributed by atoms with E-state index < -0.39 is 0 Å². The van der Waals surface area contributed by atoms with E-state index in [0.717, 1.165) is 17.9 Å². The normalized spacial score (nSPS) is 10.9. The van der Waals surface area contributed by atoms with Crippen LogP contribution in [0.5, 0.6) is 0 Å². The van der Waals surface area contributed by atoms with Crippen LogP contribution in [0.4, 0.5) is 0 Å². The molecule has 96 valence electrons. The fraction of sp³-hybridized carbons (Fsp3) is 0.364. The van der Waals surface area contributed by atoms with Gasteiger partial charge in [-0.25, -0.2) is 4.98 Å². The highest BCUT2D eigenvalue weighted by atomic mass is 127. The second-order valence-corrected chi connectivity index (χ2v) is 5.38. The monoisotopic (exact) mass is 378 g/mol. The number of aromatic nitrogens is 4. The molecule has 0 unspecified atom stereocenters. The summed E-state index contributed by atoms with van der Waals surface area (Å²) in [4.78, 5) is 15.9. The molecule has 0 saturated carbocycles. The molecule has 0 aliphatic rings. The van der Waals surface area contributed by atoms with Crippen molar-refractivity contribution in [3.8, 4) is 0 Å². The van der Waals surface area contributed by atoms with E-state index in [4.69, 9.17) is 11.6 Å².